The largest absolute Gasteiger partial charge is 0.497 e. The van der Waals surface area contributed by atoms with Crippen molar-refractivity contribution in [2.24, 2.45) is 5.92 Å². The molecule has 8 heteroatoms. The summed E-state index contributed by atoms with van der Waals surface area (Å²) in [6.07, 6.45) is 2.32. The standard InChI is InChI=1S/C20H25N5O2S/c1-14-22-17(13-28-14)12-25-8-6-15(7-9-25)11-21-20-23-19(24-27-20)16-4-3-5-18(10-16)26-2/h3-5,10,13,15H,6-9,11-12H2,1-2H3,(H,21,23,24). The fourth-order valence-electron chi connectivity index (χ4n) is 3.46. The van der Waals surface area contributed by atoms with E-state index in [0.29, 0.717) is 17.8 Å². The van der Waals surface area contributed by atoms with Gasteiger partial charge in [-0.25, -0.2) is 4.98 Å². The first-order valence-electron chi connectivity index (χ1n) is 9.55. The number of anilines is 1. The van der Waals surface area contributed by atoms with Gasteiger partial charge in [0.2, 0.25) is 5.82 Å². The molecule has 2 aromatic heterocycles. The predicted octanol–water partition coefficient (Wildman–Crippen LogP) is 3.83. The third-order valence-corrected chi connectivity index (χ3v) is 5.88. The van der Waals surface area contributed by atoms with Crippen molar-refractivity contribution in [1.82, 2.24) is 20.0 Å². The lowest BCUT2D eigenvalue weighted by Gasteiger charge is -2.31. The molecule has 1 N–H and O–H groups in total. The van der Waals surface area contributed by atoms with E-state index in [1.807, 2.05) is 24.3 Å². The maximum atomic E-state index is 5.36. The molecule has 7 nitrogen and oxygen atoms in total. The Morgan fingerprint density at radius 2 is 2.14 bits per heavy atom. The summed E-state index contributed by atoms with van der Waals surface area (Å²) in [5.74, 6) is 1.95. The minimum Gasteiger partial charge on any atom is -0.497 e. The molecule has 28 heavy (non-hydrogen) atoms. The molecule has 0 unspecified atom stereocenters. The number of aryl methyl sites for hydroxylation is 1. The number of aromatic nitrogens is 3. The molecule has 148 valence electrons. The van der Waals surface area contributed by atoms with Crippen LogP contribution in [0.3, 0.4) is 0 Å². The van der Waals surface area contributed by atoms with E-state index in [4.69, 9.17) is 9.26 Å². The Hall–Kier alpha value is -2.45. The number of benzene rings is 1. The fourth-order valence-corrected chi connectivity index (χ4v) is 4.07. The van der Waals surface area contributed by atoms with E-state index >= 15 is 0 Å². The van der Waals surface area contributed by atoms with Gasteiger partial charge in [-0.2, -0.15) is 4.98 Å². The molecule has 0 atom stereocenters. The number of methoxy groups -OCH3 is 1. The average Bonchev–Trinajstić information content (AvgIpc) is 3.36. The van der Waals surface area contributed by atoms with Gasteiger partial charge in [0, 0.05) is 24.0 Å². The van der Waals surface area contributed by atoms with Crippen molar-refractivity contribution >= 4 is 17.4 Å². The van der Waals surface area contributed by atoms with E-state index < -0.39 is 0 Å². The van der Waals surface area contributed by atoms with Gasteiger partial charge in [0.05, 0.1) is 17.8 Å². The highest BCUT2D eigenvalue weighted by molar-refractivity contribution is 7.09. The van der Waals surface area contributed by atoms with Crippen molar-refractivity contribution in [1.29, 1.82) is 0 Å². The minimum absolute atomic E-state index is 0.471. The number of rotatable bonds is 7. The normalized spacial score (nSPS) is 15.6. The Kier molecular flexibility index (Phi) is 5.87. The molecule has 0 spiro atoms. The van der Waals surface area contributed by atoms with Crippen molar-refractivity contribution < 1.29 is 9.26 Å². The van der Waals surface area contributed by atoms with Crippen molar-refractivity contribution in [3.8, 4) is 17.1 Å². The highest BCUT2D eigenvalue weighted by atomic mass is 32.1. The lowest BCUT2D eigenvalue weighted by molar-refractivity contribution is 0.180. The Morgan fingerprint density at radius 3 is 2.89 bits per heavy atom. The molecule has 0 radical (unpaired) electrons. The van der Waals surface area contributed by atoms with Gasteiger partial charge in [0.1, 0.15) is 5.75 Å². The number of piperidine rings is 1. The number of ether oxygens (including phenoxy) is 1. The van der Waals surface area contributed by atoms with Crippen LogP contribution in [-0.4, -0.2) is 46.8 Å². The van der Waals surface area contributed by atoms with Crippen LogP contribution in [0.1, 0.15) is 23.5 Å². The van der Waals surface area contributed by atoms with Crippen LogP contribution in [0.25, 0.3) is 11.4 Å². The summed E-state index contributed by atoms with van der Waals surface area (Å²) in [4.78, 5) is 11.5. The lowest BCUT2D eigenvalue weighted by atomic mass is 9.97. The van der Waals surface area contributed by atoms with Gasteiger partial charge in [-0.15, -0.1) is 11.3 Å². The van der Waals surface area contributed by atoms with E-state index in [1.54, 1.807) is 18.4 Å². The van der Waals surface area contributed by atoms with Crippen LogP contribution in [0.2, 0.25) is 0 Å². The quantitative estimate of drug-likeness (QED) is 0.647. The Bertz CT molecular complexity index is 901. The molecule has 3 aromatic rings. The van der Waals surface area contributed by atoms with E-state index in [9.17, 15) is 0 Å². The summed E-state index contributed by atoms with van der Waals surface area (Å²) < 4.78 is 10.6. The van der Waals surface area contributed by atoms with Crippen molar-refractivity contribution in [2.45, 2.75) is 26.3 Å². The van der Waals surface area contributed by atoms with Gasteiger partial charge in [0.15, 0.2) is 0 Å². The first kappa shape index (κ1) is 18.9. The maximum absolute atomic E-state index is 5.36. The van der Waals surface area contributed by atoms with Crippen LogP contribution in [0.15, 0.2) is 34.2 Å². The molecular weight excluding hydrogens is 374 g/mol. The molecule has 0 aliphatic carbocycles. The summed E-state index contributed by atoms with van der Waals surface area (Å²) in [6.45, 7) is 6.06. The monoisotopic (exact) mass is 399 g/mol. The van der Waals surface area contributed by atoms with Gasteiger partial charge in [-0.1, -0.05) is 17.3 Å². The number of hydrogen-bond acceptors (Lipinski definition) is 8. The Balaban J connectivity index is 1.25. The van der Waals surface area contributed by atoms with Crippen LogP contribution in [0, 0.1) is 12.8 Å². The molecule has 1 aromatic carbocycles. The van der Waals surface area contributed by atoms with Gasteiger partial charge in [-0.3, -0.25) is 4.90 Å². The van der Waals surface area contributed by atoms with Crippen molar-refractivity contribution in [2.75, 3.05) is 32.1 Å². The minimum atomic E-state index is 0.471. The SMILES string of the molecule is COc1cccc(-c2noc(NCC3CCN(Cc4csc(C)n4)CC3)n2)c1. The molecule has 0 bridgehead atoms. The molecule has 0 amide bonds. The third kappa shape index (κ3) is 4.69. The second-order valence-electron chi connectivity index (χ2n) is 7.11. The van der Waals surface area contributed by atoms with Crippen molar-refractivity contribution in [3.05, 3.63) is 40.3 Å². The van der Waals surface area contributed by atoms with Gasteiger partial charge < -0.3 is 14.6 Å². The molecule has 1 aliphatic rings. The summed E-state index contributed by atoms with van der Waals surface area (Å²) >= 11 is 1.72. The highest BCUT2D eigenvalue weighted by Gasteiger charge is 2.20. The molecule has 3 heterocycles. The average molecular weight is 400 g/mol. The van der Waals surface area contributed by atoms with Gasteiger partial charge in [-0.05, 0) is 50.9 Å². The van der Waals surface area contributed by atoms with E-state index in [1.165, 1.54) is 5.69 Å². The predicted molar refractivity (Wildman–Crippen MR) is 110 cm³/mol. The Labute approximate surface area is 168 Å². The van der Waals surface area contributed by atoms with Crippen LogP contribution in [0.4, 0.5) is 6.01 Å². The van der Waals surface area contributed by atoms with Gasteiger partial charge in [0.25, 0.3) is 0 Å². The van der Waals surface area contributed by atoms with Crippen LogP contribution in [0.5, 0.6) is 5.75 Å². The van der Waals surface area contributed by atoms with Gasteiger partial charge >= 0.3 is 6.01 Å². The van der Waals surface area contributed by atoms with E-state index in [2.05, 4.69) is 37.6 Å². The van der Waals surface area contributed by atoms with E-state index in [0.717, 1.165) is 55.3 Å². The topological polar surface area (TPSA) is 76.3 Å². The zero-order valence-electron chi connectivity index (χ0n) is 16.2. The molecule has 0 saturated carbocycles. The van der Waals surface area contributed by atoms with Crippen molar-refractivity contribution in [3.63, 3.8) is 0 Å². The number of thiazole rings is 1. The first-order valence-corrected chi connectivity index (χ1v) is 10.4. The second-order valence-corrected chi connectivity index (χ2v) is 8.18. The molecule has 4 rings (SSSR count). The number of likely N-dealkylation sites (tertiary alicyclic amines) is 1. The number of hydrogen-bond donors (Lipinski definition) is 1. The summed E-state index contributed by atoms with van der Waals surface area (Å²) in [7, 11) is 1.64. The summed E-state index contributed by atoms with van der Waals surface area (Å²) in [5.41, 5.74) is 2.07. The molecule has 1 saturated heterocycles. The number of nitrogens with one attached hydrogen (secondary N) is 1. The molecule has 1 fully saturated rings. The Morgan fingerprint density at radius 1 is 1.29 bits per heavy atom. The smallest absolute Gasteiger partial charge is 0.321 e. The van der Waals surface area contributed by atoms with Crippen LogP contribution in [-0.2, 0) is 6.54 Å². The van der Waals surface area contributed by atoms with E-state index in [-0.39, 0.29) is 0 Å². The zero-order valence-corrected chi connectivity index (χ0v) is 17.0. The van der Waals surface area contributed by atoms with Crippen LogP contribution >= 0.6 is 11.3 Å². The summed E-state index contributed by atoms with van der Waals surface area (Å²) in [6, 6.07) is 8.12. The zero-order chi connectivity index (χ0) is 19.3. The van der Waals surface area contributed by atoms with Crippen LogP contribution < -0.4 is 10.1 Å². The highest BCUT2D eigenvalue weighted by Crippen LogP contribution is 2.23. The number of nitrogens with zero attached hydrogens (tertiary/aromatic N) is 4. The lowest BCUT2D eigenvalue weighted by Crippen LogP contribution is -2.35. The third-order valence-electron chi connectivity index (χ3n) is 5.06. The molecule has 1 aliphatic heterocycles. The maximum Gasteiger partial charge on any atom is 0.321 e. The fraction of sp³-hybridized carbons (Fsp3) is 0.450. The summed E-state index contributed by atoms with van der Waals surface area (Å²) in [5, 5.41) is 10.7. The second kappa shape index (κ2) is 8.70. The molecular formula is C20H25N5O2S. The first-order chi connectivity index (χ1) is 13.7.